The maximum absolute atomic E-state index is 4.47. The molecule has 0 saturated heterocycles. The fourth-order valence-electron chi connectivity index (χ4n) is 4.39. The molecule has 0 aromatic heterocycles. The molecule has 22 heavy (non-hydrogen) atoms. The van der Waals surface area contributed by atoms with Crippen molar-refractivity contribution in [3.63, 3.8) is 0 Å². The molecule has 0 amide bonds. The Morgan fingerprint density at radius 3 is 2.05 bits per heavy atom. The van der Waals surface area contributed by atoms with Crippen molar-refractivity contribution in [1.82, 2.24) is 0 Å². The lowest BCUT2D eigenvalue weighted by Gasteiger charge is -2.40. The summed E-state index contributed by atoms with van der Waals surface area (Å²) in [6, 6.07) is 0. The van der Waals surface area contributed by atoms with E-state index >= 15 is 0 Å². The van der Waals surface area contributed by atoms with E-state index in [1.165, 1.54) is 50.5 Å². The maximum atomic E-state index is 4.47. The van der Waals surface area contributed by atoms with Gasteiger partial charge in [-0.25, -0.2) is 0 Å². The zero-order valence-electron chi connectivity index (χ0n) is 16.0. The first-order valence-electron chi connectivity index (χ1n) is 9.43. The zero-order chi connectivity index (χ0) is 16.5. The largest absolute Gasteiger partial charge is 0.0996 e. The van der Waals surface area contributed by atoms with Gasteiger partial charge in [0.1, 0.15) is 0 Å². The molecule has 0 spiro atoms. The fraction of sp³-hybridized carbons (Fsp3) is 0.818. The Labute approximate surface area is 139 Å². The van der Waals surface area contributed by atoms with Crippen molar-refractivity contribution in [2.24, 2.45) is 28.6 Å². The van der Waals surface area contributed by atoms with Crippen molar-refractivity contribution in [2.75, 3.05) is 0 Å². The van der Waals surface area contributed by atoms with Crippen molar-refractivity contribution < 1.29 is 0 Å². The Balaban J connectivity index is 1.92. The van der Waals surface area contributed by atoms with Crippen LogP contribution in [0, 0.1) is 28.6 Å². The summed E-state index contributed by atoms with van der Waals surface area (Å²) in [7, 11) is 0. The summed E-state index contributed by atoms with van der Waals surface area (Å²) in [6.45, 7) is 18.9. The smallest absolute Gasteiger partial charge is 0.0168 e. The van der Waals surface area contributed by atoms with Crippen molar-refractivity contribution in [1.29, 1.82) is 0 Å². The summed E-state index contributed by atoms with van der Waals surface area (Å²) < 4.78 is 0. The highest BCUT2D eigenvalue weighted by atomic mass is 14.4. The van der Waals surface area contributed by atoms with Gasteiger partial charge >= 0.3 is 0 Å². The van der Waals surface area contributed by atoms with Gasteiger partial charge in [0.15, 0.2) is 0 Å². The molecule has 0 unspecified atom stereocenters. The standard InChI is InChI=1S/C22H38/c1-16-13-20(22(5,6)7)12-11-18(16)14-17-9-8-10-19(15-17)21(2,3)4/h9,18-20H,1,8,10-15H2,2-7H3/t18-,19+,20-/m1/s1. The Kier molecular flexibility index (Phi) is 5.30. The highest BCUT2D eigenvalue weighted by Crippen LogP contribution is 2.45. The summed E-state index contributed by atoms with van der Waals surface area (Å²) in [4.78, 5) is 0. The van der Waals surface area contributed by atoms with Crippen molar-refractivity contribution in [2.45, 2.75) is 86.5 Å². The van der Waals surface area contributed by atoms with Gasteiger partial charge in [0, 0.05) is 0 Å². The molecule has 0 heteroatoms. The number of rotatable bonds is 2. The van der Waals surface area contributed by atoms with E-state index in [4.69, 9.17) is 0 Å². The van der Waals surface area contributed by atoms with E-state index in [1.54, 1.807) is 5.57 Å². The predicted octanol–water partition coefficient (Wildman–Crippen LogP) is 7.17. The van der Waals surface area contributed by atoms with Crippen molar-refractivity contribution >= 4 is 0 Å². The highest BCUT2D eigenvalue weighted by molar-refractivity contribution is 5.16. The maximum Gasteiger partial charge on any atom is -0.0168 e. The molecule has 0 radical (unpaired) electrons. The van der Waals surface area contributed by atoms with Crippen LogP contribution >= 0.6 is 0 Å². The summed E-state index contributed by atoms with van der Waals surface area (Å²) in [6.07, 6.45) is 11.8. The van der Waals surface area contributed by atoms with Gasteiger partial charge in [-0.05, 0) is 73.5 Å². The van der Waals surface area contributed by atoms with Gasteiger partial charge < -0.3 is 0 Å². The predicted molar refractivity (Wildman–Crippen MR) is 98.9 cm³/mol. The fourth-order valence-corrected chi connectivity index (χ4v) is 4.39. The zero-order valence-corrected chi connectivity index (χ0v) is 16.0. The first-order chi connectivity index (χ1) is 10.1. The topological polar surface area (TPSA) is 0 Å². The SMILES string of the molecule is C=C1C[C@H](C(C)(C)C)CC[C@@H]1CC1=CCC[C@H](C(C)(C)C)C1. The quantitative estimate of drug-likeness (QED) is 0.474. The molecule has 0 aliphatic heterocycles. The van der Waals surface area contributed by atoms with Crippen molar-refractivity contribution in [3.8, 4) is 0 Å². The third-order valence-electron chi connectivity index (χ3n) is 6.36. The molecule has 2 rings (SSSR count). The Hall–Kier alpha value is -0.520. The molecule has 0 N–H and O–H groups in total. The summed E-state index contributed by atoms with van der Waals surface area (Å²) in [5, 5.41) is 0. The molecule has 0 aromatic rings. The van der Waals surface area contributed by atoms with E-state index in [0.29, 0.717) is 10.8 Å². The molecule has 0 heterocycles. The Morgan fingerprint density at radius 1 is 0.909 bits per heavy atom. The number of hydrogen-bond donors (Lipinski definition) is 0. The Morgan fingerprint density at radius 2 is 1.50 bits per heavy atom. The van der Waals surface area contributed by atoms with Crippen LogP contribution in [0.1, 0.15) is 86.5 Å². The molecule has 2 aliphatic carbocycles. The summed E-state index contributed by atoms with van der Waals surface area (Å²) >= 11 is 0. The minimum absolute atomic E-state index is 0.440. The average Bonchev–Trinajstić information content (AvgIpc) is 2.39. The average molecular weight is 303 g/mol. The molecule has 2 aliphatic rings. The number of allylic oxidation sites excluding steroid dienone is 3. The minimum Gasteiger partial charge on any atom is -0.0996 e. The van der Waals surface area contributed by atoms with Gasteiger partial charge in [-0.1, -0.05) is 65.3 Å². The second-order valence-electron chi connectivity index (χ2n) is 10.1. The first kappa shape index (κ1) is 17.8. The van der Waals surface area contributed by atoms with Gasteiger partial charge in [-0.3, -0.25) is 0 Å². The first-order valence-corrected chi connectivity index (χ1v) is 9.43. The third-order valence-corrected chi connectivity index (χ3v) is 6.36. The third kappa shape index (κ3) is 4.49. The lowest BCUT2D eigenvalue weighted by atomic mass is 9.66. The normalized spacial score (nSPS) is 31.1. The van der Waals surface area contributed by atoms with Crippen LogP contribution in [0.15, 0.2) is 23.8 Å². The van der Waals surface area contributed by atoms with E-state index in [0.717, 1.165) is 17.8 Å². The van der Waals surface area contributed by atoms with Gasteiger partial charge in [0.2, 0.25) is 0 Å². The van der Waals surface area contributed by atoms with Crippen LogP contribution in [0.3, 0.4) is 0 Å². The monoisotopic (exact) mass is 302 g/mol. The summed E-state index contributed by atoms with van der Waals surface area (Å²) in [5.41, 5.74) is 4.16. The lowest BCUT2D eigenvalue weighted by molar-refractivity contribution is 0.181. The molecular formula is C22H38. The van der Waals surface area contributed by atoms with Crippen LogP contribution in [-0.4, -0.2) is 0 Å². The molecule has 1 saturated carbocycles. The van der Waals surface area contributed by atoms with Crippen LogP contribution in [-0.2, 0) is 0 Å². The molecular weight excluding hydrogens is 264 g/mol. The van der Waals surface area contributed by atoms with E-state index in [-0.39, 0.29) is 0 Å². The molecule has 0 bridgehead atoms. The van der Waals surface area contributed by atoms with Crippen LogP contribution in [0.25, 0.3) is 0 Å². The molecule has 3 atom stereocenters. The second kappa shape index (κ2) is 6.54. The molecule has 1 fully saturated rings. The van der Waals surface area contributed by atoms with Crippen molar-refractivity contribution in [3.05, 3.63) is 23.8 Å². The van der Waals surface area contributed by atoms with Gasteiger partial charge in [0.05, 0.1) is 0 Å². The lowest BCUT2D eigenvalue weighted by Crippen LogP contribution is -2.28. The molecule has 0 nitrogen and oxygen atoms in total. The molecule has 126 valence electrons. The van der Waals surface area contributed by atoms with Crippen LogP contribution in [0.5, 0.6) is 0 Å². The second-order valence-corrected chi connectivity index (χ2v) is 10.1. The Bertz CT molecular complexity index is 424. The van der Waals surface area contributed by atoms with Crippen LogP contribution in [0.4, 0.5) is 0 Å². The van der Waals surface area contributed by atoms with Gasteiger partial charge in [-0.15, -0.1) is 0 Å². The number of hydrogen-bond acceptors (Lipinski definition) is 0. The van der Waals surface area contributed by atoms with Gasteiger partial charge in [-0.2, -0.15) is 0 Å². The summed E-state index contributed by atoms with van der Waals surface area (Å²) in [5.74, 6) is 2.45. The minimum atomic E-state index is 0.440. The molecule has 0 aromatic carbocycles. The van der Waals surface area contributed by atoms with Gasteiger partial charge in [0.25, 0.3) is 0 Å². The van der Waals surface area contributed by atoms with Crippen LogP contribution < -0.4 is 0 Å². The van der Waals surface area contributed by atoms with E-state index in [2.05, 4.69) is 54.2 Å². The van der Waals surface area contributed by atoms with Crippen LogP contribution in [0.2, 0.25) is 0 Å². The van der Waals surface area contributed by atoms with E-state index in [1.807, 2.05) is 0 Å². The highest BCUT2D eigenvalue weighted by Gasteiger charge is 2.33. The van der Waals surface area contributed by atoms with E-state index < -0.39 is 0 Å². The van der Waals surface area contributed by atoms with E-state index in [9.17, 15) is 0 Å².